The van der Waals surface area contributed by atoms with Crippen molar-refractivity contribution in [2.45, 2.75) is 82.6 Å². The van der Waals surface area contributed by atoms with Crippen LogP contribution in [-0.2, 0) is 25.7 Å². The lowest BCUT2D eigenvalue weighted by atomic mass is 9.65. The highest BCUT2D eigenvalue weighted by Crippen LogP contribution is 2.64. The molecular weight excluding hydrogens is 446 g/mol. The number of rotatable bonds is 12. The molecule has 0 radical (unpaired) electrons. The van der Waals surface area contributed by atoms with Gasteiger partial charge in [-0.3, -0.25) is 14.4 Å². The van der Waals surface area contributed by atoms with Crippen molar-refractivity contribution in [2.24, 2.45) is 11.8 Å². The summed E-state index contributed by atoms with van der Waals surface area (Å²) in [5.74, 6) is -1.96. The Morgan fingerprint density at radius 2 is 1.86 bits per heavy atom. The van der Waals surface area contributed by atoms with Gasteiger partial charge in [0, 0.05) is 26.2 Å². The number of amides is 3. The van der Waals surface area contributed by atoms with Crippen LogP contribution in [0.4, 0.5) is 0 Å². The zero-order valence-electron chi connectivity index (χ0n) is 20.9. The summed E-state index contributed by atoms with van der Waals surface area (Å²) in [6.07, 6.45) is 5.13. The third-order valence-electron chi connectivity index (χ3n) is 8.16. The van der Waals surface area contributed by atoms with E-state index < -0.39 is 29.1 Å². The number of hydrogen-bond donors (Lipinski definition) is 3. The average molecular weight is 486 g/mol. The molecule has 0 saturated carbocycles. The summed E-state index contributed by atoms with van der Waals surface area (Å²) in [4.78, 5) is 42.5. The number of carbonyl (C=O) groups excluding carboxylic acids is 3. The number of nitrogens with zero attached hydrogens (tertiary/aromatic N) is 1. The van der Waals surface area contributed by atoms with E-state index in [1.165, 1.54) is 0 Å². The summed E-state index contributed by atoms with van der Waals surface area (Å²) in [6.45, 7) is 5.21. The largest absolute Gasteiger partial charge is 0.396 e. The summed E-state index contributed by atoms with van der Waals surface area (Å²) in [7, 11) is 0. The van der Waals surface area contributed by atoms with E-state index in [-0.39, 0.29) is 30.9 Å². The minimum atomic E-state index is -1.01. The Morgan fingerprint density at radius 1 is 1.09 bits per heavy atom. The van der Waals surface area contributed by atoms with E-state index in [1.807, 2.05) is 37.3 Å². The van der Waals surface area contributed by atoms with Crippen molar-refractivity contribution in [1.29, 1.82) is 0 Å². The molecule has 3 heterocycles. The van der Waals surface area contributed by atoms with Gasteiger partial charge in [0.05, 0.1) is 17.4 Å². The third-order valence-corrected chi connectivity index (χ3v) is 8.16. The molecule has 0 aromatic heterocycles. The Labute approximate surface area is 207 Å². The molecule has 3 saturated heterocycles. The molecule has 2 unspecified atom stereocenters. The topological polar surface area (TPSA) is 108 Å². The standard InChI is InChI=1S/C27H39N3O5/c1-3-5-9-15-28-24(33)22-27-14-13-26(4-2,35-27)20(21(27)25(34)30(22)16-10-17-31)23(32)29-18-19-11-7-6-8-12-19/h6-8,11-12,20-22,31H,3-5,9-10,13-18H2,1-2H3,(H,28,33)(H,29,32)/t20-,21+,22?,26+,27?/m1/s1. The second-order valence-corrected chi connectivity index (χ2v) is 10.1. The van der Waals surface area contributed by atoms with E-state index >= 15 is 0 Å². The number of unbranched alkanes of at least 4 members (excludes halogenated alkanes) is 2. The van der Waals surface area contributed by atoms with Crippen LogP contribution in [0.25, 0.3) is 0 Å². The van der Waals surface area contributed by atoms with Crippen LogP contribution in [0, 0.1) is 11.8 Å². The number of aliphatic hydroxyl groups is 1. The van der Waals surface area contributed by atoms with Crippen molar-refractivity contribution in [2.75, 3.05) is 19.7 Å². The van der Waals surface area contributed by atoms with E-state index in [1.54, 1.807) is 4.90 Å². The second kappa shape index (κ2) is 10.7. The van der Waals surface area contributed by atoms with Gasteiger partial charge in [0.1, 0.15) is 11.6 Å². The van der Waals surface area contributed by atoms with E-state index in [9.17, 15) is 19.5 Å². The van der Waals surface area contributed by atoms with Crippen molar-refractivity contribution in [3.8, 4) is 0 Å². The second-order valence-electron chi connectivity index (χ2n) is 10.1. The number of fused-ring (bicyclic) bond motifs is 1. The van der Waals surface area contributed by atoms with Crippen LogP contribution in [0.2, 0.25) is 0 Å². The first kappa shape index (κ1) is 25.6. The molecular formula is C27H39N3O5. The van der Waals surface area contributed by atoms with Gasteiger partial charge in [-0.2, -0.15) is 0 Å². The van der Waals surface area contributed by atoms with Gasteiger partial charge in [0.15, 0.2) is 0 Å². The monoisotopic (exact) mass is 485 g/mol. The highest BCUT2D eigenvalue weighted by molar-refractivity contribution is 5.99. The number of likely N-dealkylation sites (tertiary alicyclic amines) is 1. The fourth-order valence-corrected chi connectivity index (χ4v) is 6.48. The first-order chi connectivity index (χ1) is 16.9. The van der Waals surface area contributed by atoms with Gasteiger partial charge >= 0.3 is 0 Å². The normalized spacial score (nSPS) is 31.0. The van der Waals surface area contributed by atoms with Crippen LogP contribution >= 0.6 is 0 Å². The molecule has 8 nitrogen and oxygen atoms in total. The summed E-state index contributed by atoms with van der Waals surface area (Å²) in [5.41, 5.74) is -0.770. The Hall–Kier alpha value is -2.45. The van der Waals surface area contributed by atoms with Crippen molar-refractivity contribution in [1.82, 2.24) is 15.5 Å². The Morgan fingerprint density at radius 3 is 2.54 bits per heavy atom. The minimum Gasteiger partial charge on any atom is -0.396 e. The van der Waals surface area contributed by atoms with Crippen molar-refractivity contribution >= 4 is 17.7 Å². The molecule has 1 aromatic carbocycles. The van der Waals surface area contributed by atoms with Crippen molar-refractivity contribution in [3.63, 3.8) is 0 Å². The number of carbonyl (C=O) groups is 3. The van der Waals surface area contributed by atoms with Gasteiger partial charge in [-0.25, -0.2) is 0 Å². The van der Waals surface area contributed by atoms with Crippen LogP contribution in [-0.4, -0.2) is 64.7 Å². The molecule has 3 amide bonds. The van der Waals surface area contributed by atoms with Gasteiger partial charge in [0.2, 0.25) is 17.7 Å². The predicted molar refractivity (Wildman–Crippen MR) is 131 cm³/mol. The molecule has 5 atom stereocenters. The lowest BCUT2D eigenvalue weighted by molar-refractivity contribution is -0.147. The smallest absolute Gasteiger partial charge is 0.245 e. The van der Waals surface area contributed by atoms with Gasteiger partial charge in [-0.15, -0.1) is 0 Å². The Bertz CT molecular complexity index is 925. The van der Waals surface area contributed by atoms with Gasteiger partial charge in [-0.1, -0.05) is 57.0 Å². The highest BCUT2D eigenvalue weighted by Gasteiger charge is 2.78. The maximum atomic E-state index is 13.8. The van der Waals surface area contributed by atoms with Gasteiger partial charge in [0.25, 0.3) is 0 Å². The number of nitrogens with one attached hydrogen (secondary N) is 2. The number of benzene rings is 1. The lowest BCUT2D eigenvalue weighted by Crippen LogP contribution is -2.55. The molecule has 2 bridgehead atoms. The molecule has 3 aliphatic heterocycles. The number of aliphatic hydroxyl groups excluding tert-OH is 1. The van der Waals surface area contributed by atoms with Crippen LogP contribution in [0.5, 0.6) is 0 Å². The maximum absolute atomic E-state index is 13.8. The maximum Gasteiger partial charge on any atom is 0.245 e. The number of hydrogen-bond acceptors (Lipinski definition) is 5. The summed E-state index contributed by atoms with van der Waals surface area (Å²) < 4.78 is 6.70. The Balaban J connectivity index is 1.61. The SMILES string of the molecule is CCCCCNC(=O)C1N(CCCO)C(=O)[C@@H]2[C@H](C(=O)NCc3ccccc3)[C@]3(CC)CCC12O3. The zero-order valence-corrected chi connectivity index (χ0v) is 20.9. The summed E-state index contributed by atoms with van der Waals surface area (Å²) >= 11 is 0. The molecule has 3 fully saturated rings. The van der Waals surface area contributed by atoms with Crippen LogP contribution in [0.3, 0.4) is 0 Å². The van der Waals surface area contributed by atoms with Crippen LogP contribution in [0.15, 0.2) is 30.3 Å². The summed E-state index contributed by atoms with van der Waals surface area (Å²) in [6, 6.07) is 8.89. The average Bonchev–Trinajstić information content (AvgIpc) is 3.48. The van der Waals surface area contributed by atoms with Crippen molar-refractivity contribution < 1.29 is 24.2 Å². The van der Waals surface area contributed by atoms with E-state index in [4.69, 9.17) is 4.74 Å². The lowest BCUT2D eigenvalue weighted by Gasteiger charge is -2.34. The molecule has 3 aliphatic rings. The van der Waals surface area contributed by atoms with Gasteiger partial charge < -0.3 is 25.4 Å². The molecule has 1 aromatic rings. The predicted octanol–water partition coefficient (Wildman–Crippen LogP) is 2.15. The summed E-state index contributed by atoms with van der Waals surface area (Å²) in [5, 5.41) is 15.5. The van der Waals surface area contributed by atoms with Crippen LogP contribution in [0.1, 0.15) is 64.4 Å². The molecule has 1 spiro atoms. The van der Waals surface area contributed by atoms with Crippen molar-refractivity contribution in [3.05, 3.63) is 35.9 Å². The van der Waals surface area contributed by atoms with E-state index in [2.05, 4.69) is 17.6 Å². The molecule has 8 heteroatoms. The quantitative estimate of drug-likeness (QED) is 0.393. The molecule has 0 aliphatic carbocycles. The molecule has 4 rings (SSSR count). The minimum absolute atomic E-state index is 0.0764. The van der Waals surface area contributed by atoms with Gasteiger partial charge in [-0.05, 0) is 37.7 Å². The van der Waals surface area contributed by atoms with Crippen LogP contribution < -0.4 is 10.6 Å². The molecule has 35 heavy (non-hydrogen) atoms. The van der Waals surface area contributed by atoms with E-state index in [0.717, 1.165) is 24.8 Å². The third kappa shape index (κ3) is 4.47. The number of ether oxygens (including phenoxy) is 1. The first-order valence-electron chi connectivity index (χ1n) is 13.1. The van der Waals surface area contributed by atoms with E-state index in [0.29, 0.717) is 38.8 Å². The zero-order chi connectivity index (χ0) is 25.1. The highest BCUT2D eigenvalue weighted by atomic mass is 16.5. The fraction of sp³-hybridized carbons (Fsp3) is 0.667. The molecule has 192 valence electrons. The molecule has 3 N–H and O–H groups in total. The Kier molecular flexibility index (Phi) is 7.81. The first-order valence-corrected chi connectivity index (χ1v) is 13.1. The fourth-order valence-electron chi connectivity index (χ4n) is 6.48.